The average Bonchev–Trinajstić information content (AvgIpc) is 2.73. The summed E-state index contributed by atoms with van der Waals surface area (Å²) in [4.78, 5) is 12.7. The maximum absolute atomic E-state index is 12.7. The van der Waals surface area contributed by atoms with Gasteiger partial charge in [-0.05, 0) is 74.0 Å². The first-order valence-corrected chi connectivity index (χ1v) is 10.2. The van der Waals surface area contributed by atoms with E-state index in [1.165, 1.54) is 0 Å². The van der Waals surface area contributed by atoms with Gasteiger partial charge in [0, 0.05) is 5.41 Å². The van der Waals surface area contributed by atoms with Crippen molar-refractivity contribution in [3.63, 3.8) is 0 Å². The number of rotatable bonds is 0. The summed E-state index contributed by atoms with van der Waals surface area (Å²) >= 11 is 3.59. The van der Waals surface area contributed by atoms with E-state index in [4.69, 9.17) is 0 Å². The zero-order chi connectivity index (χ0) is 16.6. The van der Waals surface area contributed by atoms with Gasteiger partial charge in [-0.15, -0.1) is 0 Å². The molecule has 0 aliphatic heterocycles. The number of hydrogen-bond donors (Lipinski definition) is 2. The minimum atomic E-state index is -0.307. The van der Waals surface area contributed by atoms with Crippen LogP contribution in [0.15, 0.2) is 0 Å². The Morgan fingerprint density at radius 3 is 2.52 bits per heavy atom. The second-order valence-corrected chi connectivity index (χ2v) is 10.4. The number of aliphatic hydroxyl groups is 2. The van der Waals surface area contributed by atoms with Gasteiger partial charge in [-0.25, -0.2) is 0 Å². The zero-order valence-electron chi connectivity index (χ0n) is 14.2. The van der Waals surface area contributed by atoms with Gasteiger partial charge in [-0.3, -0.25) is 4.79 Å². The van der Waals surface area contributed by atoms with Crippen molar-refractivity contribution in [2.75, 3.05) is 0 Å². The van der Waals surface area contributed by atoms with Gasteiger partial charge in [-0.2, -0.15) is 0 Å². The smallest absolute Gasteiger partial charge is 0.152 e. The summed E-state index contributed by atoms with van der Waals surface area (Å²) in [7, 11) is 0. The van der Waals surface area contributed by atoms with Gasteiger partial charge in [0.2, 0.25) is 0 Å². The van der Waals surface area contributed by atoms with Crippen LogP contribution in [0.25, 0.3) is 0 Å². The van der Waals surface area contributed by atoms with E-state index < -0.39 is 0 Å². The van der Waals surface area contributed by atoms with E-state index in [1.807, 2.05) is 0 Å². The number of Topliss-reactive ketones (excluding diaryl/α,β-unsaturated/α-hetero) is 1. The van der Waals surface area contributed by atoms with Gasteiger partial charge in [-0.1, -0.05) is 29.8 Å². The largest absolute Gasteiger partial charge is 0.393 e. The molecule has 3 unspecified atom stereocenters. The molecule has 2 N–H and O–H groups in total. The minimum absolute atomic E-state index is 0.0258. The fraction of sp³-hybridized carbons (Fsp3) is 0.947. The van der Waals surface area contributed by atoms with E-state index in [-0.39, 0.29) is 33.8 Å². The molecule has 0 bridgehead atoms. The van der Waals surface area contributed by atoms with E-state index in [2.05, 4.69) is 29.8 Å². The summed E-state index contributed by atoms with van der Waals surface area (Å²) in [5, 5.41) is 21.0. The molecule has 4 fully saturated rings. The number of carbonyl (C=O) groups excluding carboxylic acids is 1. The van der Waals surface area contributed by atoms with Gasteiger partial charge in [0.15, 0.2) is 5.78 Å². The van der Waals surface area contributed by atoms with Crippen molar-refractivity contribution >= 4 is 21.7 Å². The lowest BCUT2D eigenvalue weighted by atomic mass is 9.44. The van der Waals surface area contributed by atoms with Crippen molar-refractivity contribution in [1.82, 2.24) is 0 Å². The van der Waals surface area contributed by atoms with Crippen LogP contribution in [0.4, 0.5) is 0 Å². The molecule has 4 heteroatoms. The van der Waals surface area contributed by atoms with Crippen LogP contribution in [0.2, 0.25) is 0 Å². The molecule has 0 amide bonds. The van der Waals surface area contributed by atoms with Crippen LogP contribution < -0.4 is 0 Å². The highest BCUT2D eigenvalue weighted by molar-refractivity contribution is 9.10. The second-order valence-electron chi connectivity index (χ2n) is 9.25. The first-order chi connectivity index (χ1) is 10.8. The highest BCUT2D eigenvalue weighted by Gasteiger charge is 2.64. The molecule has 0 aromatic carbocycles. The predicted octanol–water partition coefficient (Wildman–Crippen LogP) is 3.30. The molecule has 4 aliphatic carbocycles. The molecule has 23 heavy (non-hydrogen) atoms. The number of halogens is 1. The first kappa shape index (κ1) is 16.5. The van der Waals surface area contributed by atoms with Gasteiger partial charge >= 0.3 is 0 Å². The third kappa shape index (κ3) is 2.17. The minimum Gasteiger partial charge on any atom is -0.393 e. The number of alkyl halides is 1. The maximum atomic E-state index is 12.7. The van der Waals surface area contributed by atoms with Crippen molar-refractivity contribution in [2.45, 2.75) is 75.8 Å². The third-order valence-corrected chi connectivity index (χ3v) is 9.14. The Hall–Kier alpha value is 0.0700. The highest BCUT2D eigenvalue weighted by atomic mass is 79.9. The summed E-state index contributed by atoms with van der Waals surface area (Å²) in [6, 6.07) is 0. The second kappa shape index (κ2) is 5.28. The fourth-order valence-corrected chi connectivity index (χ4v) is 7.88. The van der Waals surface area contributed by atoms with E-state index in [0.29, 0.717) is 23.5 Å². The Morgan fingerprint density at radius 2 is 1.78 bits per heavy atom. The topological polar surface area (TPSA) is 57.5 Å². The van der Waals surface area contributed by atoms with E-state index in [0.717, 1.165) is 44.9 Å². The Balaban J connectivity index is 1.69. The molecule has 3 nitrogen and oxygen atoms in total. The van der Waals surface area contributed by atoms with E-state index in [9.17, 15) is 15.0 Å². The van der Waals surface area contributed by atoms with Crippen LogP contribution in [0.3, 0.4) is 0 Å². The molecule has 0 spiro atoms. The summed E-state index contributed by atoms with van der Waals surface area (Å²) in [6.07, 6.45) is 6.04. The van der Waals surface area contributed by atoms with E-state index >= 15 is 0 Å². The van der Waals surface area contributed by atoms with Crippen LogP contribution in [0.5, 0.6) is 0 Å². The molecule has 0 heterocycles. The Labute approximate surface area is 147 Å². The summed E-state index contributed by atoms with van der Waals surface area (Å²) in [5.41, 5.74) is -0.00834. The van der Waals surface area contributed by atoms with Gasteiger partial charge in [0.05, 0.1) is 17.0 Å². The van der Waals surface area contributed by atoms with Gasteiger partial charge < -0.3 is 10.2 Å². The molecule has 9 atom stereocenters. The lowest BCUT2D eigenvalue weighted by Gasteiger charge is -2.61. The molecule has 4 rings (SSSR count). The molecule has 0 aromatic rings. The average molecular weight is 385 g/mol. The SMILES string of the molecule is C[C@]12CCC3C(C1C[C@@H](Br)C2=O)[C@@H](O)C[C@H]1C[C@@H](O)CC[C@]31C. The van der Waals surface area contributed by atoms with Crippen LogP contribution in [0, 0.1) is 34.5 Å². The van der Waals surface area contributed by atoms with Crippen molar-refractivity contribution < 1.29 is 15.0 Å². The van der Waals surface area contributed by atoms with E-state index in [1.54, 1.807) is 0 Å². The monoisotopic (exact) mass is 384 g/mol. The molecule has 4 saturated carbocycles. The van der Waals surface area contributed by atoms with Crippen LogP contribution >= 0.6 is 15.9 Å². The lowest BCUT2D eigenvalue weighted by molar-refractivity contribution is -0.171. The number of carbonyl (C=O) groups is 1. The van der Waals surface area contributed by atoms with Crippen LogP contribution in [0.1, 0.15) is 58.8 Å². The molecule has 130 valence electrons. The third-order valence-electron chi connectivity index (χ3n) is 8.35. The Morgan fingerprint density at radius 1 is 1.04 bits per heavy atom. The van der Waals surface area contributed by atoms with Gasteiger partial charge in [0.25, 0.3) is 0 Å². The quantitative estimate of drug-likeness (QED) is 0.629. The standard InChI is InChI=1S/C19H29BrO3/c1-18-5-3-11(21)7-10(18)8-15(22)16-12(18)4-6-19(2)13(16)9-14(20)17(19)23/h10-16,21-22H,3-9H2,1-2H3/t10-,11+,12?,13?,14-,15+,16?,18+,19+/m1/s1. The summed E-state index contributed by atoms with van der Waals surface area (Å²) < 4.78 is 0. The molecular formula is C19H29BrO3. The normalized spacial score (nSPS) is 59.2. The number of hydrogen-bond acceptors (Lipinski definition) is 3. The summed E-state index contributed by atoms with van der Waals surface area (Å²) in [6.45, 7) is 4.54. The van der Waals surface area contributed by atoms with Crippen molar-refractivity contribution in [1.29, 1.82) is 0 Å². The maximum Gasteiger partial charge on any atom is 0.152 e. The van der Waals surface area contributed by atoms with Crippen LogP contribution in [-0.2, 0) is 4.79 Å². The molecule has 0 saturated heterocycles. The first-order valence-electron chi connectivity index (χ1n) is 9.32. The number of aliphatic hydroxyl groups excluding tert-OH is 2. The van der Waals surface area contributed by atoms with Crippen molar-refractivity contribution in [2.24, 2.45) is 34.5 Å². The number of ketones is 1. The highest BCUT2D eigenvalue weighted by Crippen LogP contribution is 2.65. The lowest BCUT2D eigenvalue weighted by Crippen LogP contribution is -2.58. The fourth-order valence-electron chi connectivity index (χ4n) is 6.95. The van der Waals surface area contributed by atoms with Gasteiger partial charge in [0.1, 0.15) is 0 Å². The van der Waals surface area contributed by atoms with Crippen molar-refractivity contribution in [3.8, 4) is 0 Å². The van der Waals surface area contributed by atoms with Crippen LogP contribution in [-0.4, -0.2) is 33.0 Å². The van der Waals surface area contributed by atoms with Crippen molar-refractivity contribution in [3.05, 3.63) is 0 Å². The Kier molecular flexibility index (Phi) is 3.80. The zero-order valence-corrected chi connectivity index (χ0v) is 15.8. The Bertz CT molecular complexity index is 523. The molecule has 0 aromatic heterocycles. The predicted molar refractivity (Wildman–Crippen MR) is 92.2 cm³/mol. The molecular weight excluding hydrogens is 356 g/mol. The summed E-state index contributed by atoms with van der Waals surface area (Å²) in [5.74, 6) is 1.88. The number of fused-ring (bicyclic) bond motifs is 5. The molecule has 0 radical (unpaired) electrons. The molecule has 4 aliphatic rings.